The van der Waals surface area contributed by atoms with E-state index in [1.165, 1.54) is 16.8 Å². The van der Waals surface area contributed by atoms with Gasteiger partial charge in [-0.15, -0.1) is 5.73 Å². The number of anilines is 1. The van der Waals surface area contributed by atoms with E-state index < -0.39 is 0 Å². The van der Waals surface area contributed by atoms with Gasteiger partial charge in [-0.05, 0) is 44.9 Å². The number of amidine groups is 1. The normalized spacial score (nSPS) is 20.1. The van der Waals surface area contributed by atoms with Gasteiger partial charge in [0, 0.05) is 37.1 Å². The van der Waals surface area contributed by atoms with Gasteiger partial charge in [0.15, 0.2) is 5.82 Å². The molecular formula is C22H26N4O. The summed E-state index contributed by atoms with van der Waals surface area (Å²) in [5.41, 5.74) is 9.12. The smallest absolute Gasteiger partial charge is 0.160 e. The summed E-state index contributed by atoms with van der Waals surface area (Å²) in [6.07, 6.45) is 4.72. The van der Waals surface area contributed by atoms with Crippen LogP contribution < -0.4 is 4.90 Å². The first kappa shape index (κ1) is 17.8. The van der Waals surface area contributed by atoms with E-state index in [1.54, 1.807) is 0 Å². The molecule has 3 heterocycles. The summed E-state index contributed by atoms with van der Waals surface area (Å²) in [6.45, 7) is 10.5. The molecule has 1 fully saturated rings. The average Bonchev–Trinajstić information content (AvgIpc) is 3.01. The highest BCUT2D eigenvalue weighted by Gasteiger charge is 2.25. The van der Waals surface area contributed by atoms with Crippen molar-refractivity contribution in [2.75, 3.05) is 37.7 Å². The molecular weight excluding hydrogens is 336 g/mol. The molecule has 0 amide bonds. The monoisotopic (exact) mass is 362 g/mol. The topological polar surface area (TPSA) is 40.4 Å². The second-order valence-corrected chi connectivity index (χ2v) is 7.18. The predicted molar refractivity (Wildman–Crippen MR) is 111 cm³/mol. The van der Waals surface area contributed by atoms with E-state index in [0.29, 0.717) is 0 Å². The van der Waals surface area contributed by atoms with Gasteiger partial charge in [-0.25, -0.2) is 9.98 Å². The van der Waals surface area contributed by atoms with Crippen LogP contribution in [0.3, 0.4) is 0 Å². The minimum absolute atomic E-state index is 0.754. The van der Waals surface area contributed by atoms with E-state index in [0.717, 1.165) is 62.2 Å². The van der Waals surface area contributed by atoms with Gasteiger partial charge in [-0.1, -0.05) is 17.7 Å². The Bertz CT molecular complexity index is 897. The zero-order valence-corrected chi connectivity index (χ0v) is 16.3. The Kier molecular flexibility index (Phi) is 4.97. The van der Waals surface area contributed by atoms with Gasteiger partial charge in [-0.2, -0.15) is 0 Å². The second kappa shape index (κ2) is 7.55. The predicted octanol–water partition coefficient (Wildman–Crippen LogP) is 3.46. The Morgan fingerprint density at radius 1 is 1.19 bits per heavy atom. The van der Waals surface area contributed by atoms with Crippen molar-refractivity contribution in [1.29, 1.82) is 0 Å². The number of ether oxygens (including phenoxy) is 1. The minimum atomic E-state index is 0.754. The molecule has 1 aromatic carbocycles. The average molecular weight is 362 g/mol. The van der Waals surface area contributed by atoms with E-state index in [-0.39, 0.29) is 0 Å². The third-order valence-corrected chi connectivity index (χ3v) is 5.27. The molecule has 0 unspecified atom stereocenters. The van der Waals surface area contributed by atoms with Crippen LogP contribution in [0.2, 0.25) is 0 Å². The van der Waals surface area contributed by atoms with Gasteiger partial charge >= 0.3 is 0 Å². The Hall–Kier alpha value is -2.62. The van der Waals surface area contributed by atoms with Crippen LogP contribution in [0.15, 0.2) is 57.1 Å². The summed E-state index contributed by atoms with van der Waals surface area (Å²) in [7, 11) is 0. The summed E-state index contributed by atoms with van der Waals surface area (Å²) in [4.78, 5) is 14.3. The number of hydrogen-bond acceptors (Lipinski definition) is 4. The fourth-order valence-corrected chi connectivity index (χ4v) is 3.77. The summed E-state index contributed by atoms with van der Waals surface area (Å²) < 4.78 is 5.47. The molecule has 1 aromatic rings. The van der Waals surface area contributed by atoms with Crippen LogP contribution in [0.1, 0.15) is 25.0 Å². The van der Waals surface area contributed by atoms with Gasteiger partial charge < -0.3 is 14.5 Å². The van der Waals surface area contributed by atoms with E-state index >= 15 is 0 Å². The Labute approximate surface area is 161 Å². The highest BCUT2D eigenvalue weighted by atomic mass is 16.5. The van der Waals surface area contributed by atoms with Gasteiger partial charge in [0.1, 0.15) is 11.5 Å². The van der Waals surface area contributed by atoms with Crippen LogP contribution in [-0.2, 0) is 11.2 Å². The standard InChI is InChI=1S/C22H26N4O/c1-16-6-7-20-19(15-16)8-10-26(20)22-21(17(2)5-4-9-23-22)24-18(3)25-11-13-27-14-12-25/h4,6-7,9,15H,8,10-14H2,1-3H3/b24-18+. The number of aliphatic imine (C=N–C) groups is 2. The summed E-state index contributed by atoms with van der Waals surface area (Å²) in [6, 6.07) is 6.65. The number of nitrogens with zero attached hydrogens (tertiary/aromatic N) is 4. The van der Waals surface area contributed by atoms with Crippen LogP contribution in [0.5, 0.6) is 0 Å². The first-order chi connectivity index (χ1) is 13.1. The lowest BCUT2D eigenvalue weighted by Gasteiger charge is -2.29. The van der Waals surface area contributed by atoms with Crippen molar-refractivity contribution in [1.82, 2.24) is 4.90 Å². The maximum absolute atomic E-state index is 5.47. The van der Waals surface area contributed by atoms with Crippen molar-refractivity contribution in [3.05, 3.63) is 58.2 Å². The number of rotatable bonds is 2. The van der Waals surface area contributed by atoms with E-state index in [4.69, 9.17) is 14.7 Å². The van der Waals surface area contributed by atoms with Crippen LogP contribution in [0.25, 0.3) is 0 Å². The number of hydrogen-bond donors (Lipinski definition) is 0. The molecule has 0 aromatic heterocycles. The van der Waals surface area contributed by atoms with Crippen molar-refractivity contribution in [3.63, 3.8) is 0 Å². The highest BCUT2D eigenvalue weighted by Crippen LogP contribution is 2.35. The third-order valence-electron chi connectivity index (χ3n) is 5.27. The quantitative estimate of drug-likeness (QED) is 0.460. The Balaban J connectivity index is 1.76. The largest absolute Gasteiger partial charge is 0.378 e. The number of morpholine rings is 1. The number of fused-ring (bicyclic) bond motifs is 1. The zero-order valence-electron chi connectivity index (χ0n) is 16.3. The molecule has 4 rings (SSSR count). The summed E-state index contributed by atoms with van der Waals surface area (Å²) in [5, 5.41) is 0. The van der Waals surface area contributed by atoms with Crippen LogP contribution in [0, 0.1) is 6.92 Å². The van der Waals surface area contributed by atoms with Crippen LogP contribution in [-0.4, -0.2) is 49.8 Å². The van der Waals surface area contributed by atoms with Gasteiger partial charge in [-0.3, -0.25) is 0 Å². The van der Waals surface area contributed by atoms with E-state index in [1.807, 2.05) is 12.3 Å². The SMILES string of the molecule is CC1=C=CC=NC(N2CCc3cc(C)ccc32)=C1/N=C(\C)N1CCOCC1. The molecule has 0 atom stereocenters. The molecule has 0 bridgehead atoms. The maximum atomic E-state index is 5.47. The molecule has 0 saturated carbocycles. The van der Waals surface area contributed by atoms with Crippen molar-refractivity contribution in [2.24, 2.45) is 9.98 Å². The molecule has 5 heteroatoms. The molecule has 1 saturated heterocycles. The maximum Gasteiger partial charge on any atom is 0.160 e. The number of benzene rings is 1. The van der Waals surface area contributed by atoms with Crippen LogP contribution >= 0.6 is 0 Å². The van der Waals surface area contributed by atoms with E-state index in [2.05, 4.69) is 54.5 Å². The fourth-order valence-electron chi connectivity index (χ4n) is 3.77. The van der Waals surface area contributed by atoms with Crippen molar-refractivity contribution < 1.29 is 4.74 Å². The molecule has 0 N–H and O–H groups in total. The first-order valence-corrected chi connectivity index (χ1v) is 9.59. The molecule has 3 aliphatic rings. The lowest BCUT2D eigenvalue weighted by molar-refractivity contribution is 0.0678. The number of allylic oxidation sites excluding steroid dienone is 1. The molecule has 0 aliphatic carbocycles. The molecule has 5 nitrogen and oxygen atoms in total. The van der Waals surface area contributed by atoms with Crippen molar-refractivity contribution >= 4 is 17.7 Å². The van der Waals surface area contributed by atoms with Crippen molar-refractivity contribution in [2.45, 2.75) is 27.2 Å². The number of aryl methyl sites for hydroxylation is 1. The lowest BCUT2D eigenvalue weighted by atomic mass is 10.1. The molecule has 0 spiro atoms. The van der Waals surface area contributed by atoms with Gasteiger partial charge in [0.2, 0.25) is 0 Å². The lowest BCUT2D eigenvalue weighted by Crippen LogP contribution is -2.39. The summed E-state index contributed by atoms with van der Waals surface area (Å²) >= 11 is 0. The molecule has 0 radical (unpaired) electrons. The Morgan fingerprint density at radius 3 is 2.81 bits per heavy atom. The third kappa shape index (κ3) is 3.61. The molecule has 3 aliphatic heterocycles. The second-order valence-electron chi connectivity index (χ2n) is 7.18. The van der Waals surface area contributed by atoms with Crippen LogP contribution in [0.4, 0.5) is 5.69 Å². The Morgan fingerprint density at radius 2 is 2.00 bits per heavy atom. The van der Waals surface area contributed by atoms with E-state index in [9.17, 15) is 0 Å². The first-order valence-electron chi connectivity index (χ1n) is 9.59. The van der Waals surface area contributed by atoms with Crippen molar-refractivity contribution in [3.8, 4) is 0 Å². The van der Waals surface area contributed by atoms with Gasteiger partial charge in [0.25, 0.3) is 0 Å². The fraction of sp³-hybridized carbons (Fsp3) is 0.409. The zero-order chi connectivity index (χ0) is 18.8. The summed E-state index contributed by atoms with van der Waals surface area (Å²) in [5.74, 6) is 1.91. The highest BCUT2D eigenvalue weighted by molar-refractivity contribution is 5.82. The molecule has 27 heavy (non-hydrogen) atoms. The minimum Gasteiger partial charge on any atom is -0.378 e. The molecule has 140 valence electrons. The van der Waals surface area contributed by atoms with Gasteiger partial charge in [0.05, 0.1) is 13.2 Å².